The largest absolute Gasteiger partial charge is 0.390 e. The molecule has 1 aliphatic heterocycles. The van der Waals surface area contributed by atoms with E-state index in [4.69, 9.17) is 16.5 Å². The van der Waals surface area contributed by atoms with E-state index in [0.717, 1.165) is 68.8 Å². The van der Waals surface area contributed by atoms with Crippen LogP contribution in [0.1, 0.15) is 61.0 Å². The number of aromatic nitrogens is 2. The molecule has 4 bridgehead atoms. The number of piperazine rings is 1. The van der Waals surface area contributed by atoms with Crippen molar-refractivity contribution in [3.8, 4) is 0 Å². The van der Waals surface area contributed by atoms with Crippen molar-refractivity contribution in [3.05, 3.63) is 41.7 Å². The molecule has 2 aromatic heterocycles. The second-order valence-electron chi connectivity index (χ2n) is 11.1. The lowest BCUT2D eigenvalue weighted by Gasteiger charge is -2.58. The number of primary amides is 1. The first-order chi connectivity index (χ1) is 16.3. The number of nitrogen functional groups attached to an aromatic ring is 1. The van der Waals surface area contributed by atoms with Gasteiger partial charge in [-0.3, -0.25) is 4.79 Å². The van der Waals surface area contributed by atoms with Gasteiger partial charge < -0.3 is 26.4 Å². The van der Waals surface area contributed by atoms with E-state index in [2.05, 4.69) is 33.8 Å². The van der Waals surface area contributed by atoms with Gasteiger partial charge in [-0.1, -0.05) is 6.07 Å². The second kappa shape index (κ2) is 7.83. The number of nitrogens with zero attached hydrogens (tertiary/aromatic N) is 4. The number of rotatable bonds is 4. The number of anilines is 3. The average Bonchev–Trinajstić information content (AvgIpc) is 2.78. The van der Waals surface area contributed by atoms with Gasteiger partial charge in [-0.15, -0.1) is 0 Å². The Labute approximate surface area is 200 Å². The molecule has 34 heavy (non-hydrogen) atoms. The van der Waals surface area contributed by atoms with Gasteiger partial charge in [-0.2, -0.15) is 0 Å². The van der Waals surface area contributed by atoms with Gasteiger partial charge in [0.05, 0.1) is 17.5 Å². The molecule has 1 amide bonds. The molecule has 4 aliphatic carbocycles. The first kappa shape index (κ1) is 21.6. The molecule has 3 atom stereocenters. The summed E-state index contributed by atoms with van der Waals surface area (Å²) in [5.74, 6) is 2.60. The zero-order valence-corrected chi connectivity index (χ0v) is 19.7. The van der Waals surface area contributed by atoms with E-state index < -0.39 is 11.5 Å². The summed E-state index contributed by atoms with van der Waals surface area (Å²) in [7, 11) is 0. The summed E-state index contributed by atoms with van der Waals surface area (Å²) in [6, 6.07) is 8.21. The van der Waals surface area contributed by atoms with E-state index in [0.29, 0.717) is 29.3 Å². The van der Waals surface area contributed by atoms with Crippen LogP contribution in [0.4, 0.5) is 17.3 Å². The van der Waals surface area contributed by atoms with Crippen molar-refractivity contribution in [2.24, 2.45) is 23.5 Å². The minimum atomic E-state index is -0.498. The zero-order valence-electron chi connectivity index (χ0n) is 19.7. The third-order valence-corrected chi connectivity index (χ3v) is 8.80. The van der Waals surface area contributed by atoms with Gasteiger partial charge in [0.15, 0.2) is 0 Å². The fourth-order valence-electron chi connectivity index (χ4n) is 7.69. The quantitative estimate of drug-likeness (QED) is 0.638. The molecule has 5 aliphatic rings. The van der Waals surface area contributed by atoms with Crippen molar-refractivity contribution in [3.63, 3.8) is 0 Å². The van der Waals surface area contributed by atoms with Crippen LogP contribution in [0.25, 0.3) is 0 Å². The van der Waals surface area contributed by atoms with Gasteiger partial charge in [-0.05, 0) is 86.5 Å². The Morgan fingerprint density at radius 3 is 2.50 bits per heavy atom. The molecule has 0 spiro atoms. The minimum absolute atomic E-state index is 0.209. The summed E-state index contributed by atoms with van der Waals surface area (Å²) in [4.78, 5) is 26.2. The van der Waals surface area contributed by atoms with E-state index in [1.54, 1.807) is 0 Å². The van der Waals surface area contributed by atoms with Crippen LogP contribution in [-0.2, 0) is 0 Å². The number of nitrogens with two attached hydrogens (primary N) is 2. The number of carbonyl (C=O) groups is 1. The van der Waals surface area contributed by atoms with Gasteiger partial charge >= 0.3 is 0 Å². The lowest BCUT2D eigenvalue weighted by molar-refractivity contribution is -0.134. The monoisotopic (exact) mass is 462 g/mol. The lowest BCUT2D eigenvalue weighted by Crippen LogP contribution is -2.54. The Bertz CT molecular complexity index is 1090. The predicted octanol–water partition coefficient (Wildman–Crippen LogP) is 2.53. The molecule has 5 fully saturated rings. The maximum Gasteiger partial charge on any atom is 0.267 e. The van der Waals surface area contributed by atoms with E-state index in [9.17, 15) is 9.90 Å². The fraction of sp³-hybridized carbons (Fsp3) is 0.577. The highest BCUT2D eigenvalue weighted by Gasteiger charge is 2.55. The zero-order chi connectivity index (χ0) is 23.6. The highest BCUT2D eigenvalue weighted by atomic mass is 16.3. The molecule has 7 rings (SSSR count). The summed E-state index contributed by atoms with van der Waals surface area (Å²) in [6.07, 6.45) is 6.72. The van der Waals surface area contributed by atoms with E-state index in [1.165, 1.54) is 0 Å². The van der Waals surface area contributed by atoms with Crippen LogP contribution in [-0.4, -0.2) is 52.3 Å². The van der Waals surface area contributed by atoms with Crippen LogP contribution in [0, 0.1) is 17.8 Å². The molecular weight excluding hydrogens is 428 g/mol. The Hall–Kier alpha value is -2.87. The number of hydrogen-bond acceptors (Lipinski definition) is 7. The van der Waals surface area contributed by atoms with Crippen molar-refractivity contribution in [2.75, 3.05) is 35.2 Å². The van der Waals surface area contributed by atoms with Crippen LogP contribution in [0.5, 0.6) is 0 Å². The molecule has 2 unspecified atom stereocenters. The highest BCUT2D eigenvalue weighted by molar-refractivity contribution is 5.93. The van der Waals surface area contributed by atoms with Crippen molar-refractivity contribution >= 4 is 23.2 Å². The minimum Gasteiger partial charge on any atom is -0.390 e. The fourth-order valence-corrected chi connectivity index (χ4v) is 7.69. The summed E-state index contributed by atoms with van der Waals surface area (Å²) in [5, 5.41) is 11.0. The van der Waals surface area contributed by atoms with E-state index >= 15 is 0 Å². The highest BCUT2D eigenvalue weighted by Crippen LogP contribution is 2.61. The predicted molar refractivity (Wildman–Crippen MR) is 132 cm³/mol. The molecule has 2 aromatic rings. The van der Waals surface area contributed by atoms with Crippen LogP contribution in [0.2, 0.25) is 0 Å². The van der Waals surface area contributed by atoms with Crippen molar-refractivity contribution in [1.29, 1.82) is 0 Å². The average molecular weight is 463 g/mol. The van der Waals surface area contributed by atoms with Crippen LogP contribution in [0.3, 0.4) is 0 Å². The molecule has 180 valence electrons. The molecule has 1 saturated heterocycles. The summed E-state index contributed by atoms with van der Waals surface area (Å²) >= 11 is 0. The van der Waals surface area contributed by atoms with Gasteiger partial charge in [0.1, 0.15) is 17.3 Å². The second-order valence-corrected chi connectivity index (χ2v) is 11.1. The van der Waals surface area contributed by atoms with Gasteiger partial charge in [0, 0.05) is 25.7 Å². The van der Waals surface area contributed by atoms with E-state index in [1.807, 2.05) is 18.3 Å². The SMILES string of the molecule is C[C@@H]1CN(c2ccc(N)nc2)CCN1c1ccc(C2C3CC4CC2CC(O)(C4)C3)c(C(N)=O)n1. The smallest absolute Gasteiger partial charge is 0.267 e. The topological polar surface area (TPSA) is 122 Å². The molecule has 5 N–H and O–H groups in total. The number of aliphatic hydroxyl groups is 1. The summed E-state index contributed by atoms with van der Waals surface area (Å²) in [5.41, 5.74) is 13.6. The number of amides is 1. The third-order valence-electron chi connectivity index (χ3n) is 8.80. The molecule has 0 radical (unpaired) electrons. The Morgan fingerprint density at radius 2 is 1.88 bits per heavy atom. The Balaban J connectivity index is 1.25. The van der Waals surface area contributed by atoms with Gasteiger partial charge in [0.25, 0.3) is 5.91 Å². The van der Waals surface area contributed by atoms with Crippen LogP contribution in [0.15, 0.2) is 30.5 Å². The van der Waals surface area contributed by atoms with Crippen molar-refractivity contribution in [2.45, 2.75) is 56.6 Å². The third kappa shape index (κ3) is 3.59. The van der Waals surface area contributed by atoms with Gasteiger partial charge in [-0.25, -0.2) is 9.97 Å². The summed E-state index contributed by atoms with van der Waals surface area (Å²) in [6.45, 7) is 4.63. The molecular formula is C26H34N6O2. The first-order valence-corrected chi connectivity index (χ1v) is 12.6. The molecule has 8 nitrogen and oxygen atoms in total. The Kier molecular flexibility index (Phi) is 4.99. The summed E-state index contributed by atoms with van der Waals surface area (Å²) < 4.78 is 0. The number of hydrogen-bond donors (Lipinski definition) is 3. The normalized spacial score (nSPS) is 34.5. The van der Waals surface area contributed by atoms with Crippen LogP contribution < -0.4 is 21.3 Å². The molecule has 3 heterocycles. The van der Waals surface area contributed by atoms with Crippen LogP contribution >= 0.6 is 0 Å². The maximum absolute atomic E-state index is 12.6. The maximum atomic E-state index is 12.6. The number of carbonyl (C=O) groups excluding carboxylic acids is 1. The number of pyridine rings is 2. The lowest BCUT2D eigenvalue weighted by atomic mass is 9.49. The molecule has 0 aromatic carbocycles. The van der Waals surface area contributed by atoms with Crippen molar-refractivity contribution < 1.29 is 9.90 Å². The van der Waals surface area contributed by atoms with Gasteiger partial charge in [0.2, 0.25) is 0 Å². The van der Waals surface area contributed by atoms with Crippen molar-refractivity contribution in [1.82, 2.24) is 9.97 Å². The molecule has 8 heteroatoms. The van der Waals surface area contributed by atoms with E-state index in [-0.39, 0.29) is 12.0 Å². The molecule has 4 saturated carbocycles. The standard InChI is InChI=1S/C26H34N6O2/c1-15-14-31(19-2-4-21(27)29-13-19)6-7-32(15)22-5-3-20(24(30-22)25(28)33)23-17-8-16-9-18(23)12-26(34,10-16)11-17/h2-5,13,15-18,23,34H,6-12,14H2,1H3,(H2,27,29)(H2,28,33)/t15-,16?,17?,18?,23?,26?/m1/s1. The first-order valence-electron chi connectivity index (χ1n) is 12.6. The Morgan fingerprint density at radius 1 is 1.12 bits per heavy atom.